The van der Waals surface area contributed by atoms with E-state index >= 15 is 0 Å². The van der Waals surface area contributed by atoms with E-state index in [2.05, 4.69) is 20.8 Å². The first-order valence-electron chi connectivity index (χ1n) is 5.69. The molecule has 0 radical (unpaired) electrons. The number of allylic oxidation sites excluding steroid dienone is 2. The van der Waals surface area contributed by atoms with Gasteiger partial charge in [-0.3, -0.25) is 4.79 Å². The standard InChI is InChI=1S/C13H20O/c1-9(6-7-14)12-10-4-5-11(8-10)13(12,2)3/h6-7,10-12H,4-5,8H2,1-3H3. The van der Waals surface area contributed by atoms with E-state index in [1.165, 1.54) is 24.8 Å². The Bertz CT molecular complexity index is 275. The zero-order valence-electron chi connectivity index (χ0n) is 9.42. The van der Waals surface area contributed by atoms with E-state index in [0.29, 0.717) is 11.3 Å². The van der Waals surface area contributed by atoms with Crippen LogP contribution in [-0.2, 0) is 4.79 Å². The summed E-state index contributed by atoms with van der Waals surface area (Å²) in [5.74, 6) is 2.41. The summed E-state index contributed by atoms with van der Waals surface area (Å²) in [6.07, 6.45) is 6.89. The van der Waals surface area contributed by atoms with Gasteiger partial charge in [-0.25, -0.2) is 0 Å². The highest BCUT2D eigenvalue weighted by Crippen LogP contribution is 2.61. The van der Waals surface area contributed by atoms with Crippen molar-refractivity contribution >= 4 is 6.29 Å². The molecule has 2 aliphatic rings. The molecule has 0 aliphatic heterocycles. The van der Waals surface area contributed by atoms with Crippen LogP contribution >= 0.6 is 0 Å². The third-order valence-electron chi connectivity index (χ3n) is 4.62. The van der Waals surface area contributed by atoms with E-state index in [9.17, 15) is 4.79 Å². The summed E-state index contributed by atoms with van der Waals surface area (Å²) in [7, 11) is 0. The quantitative estimate of drug-likeness (QED) is 0.485. The van der Waals surface area contributed by atoms with Crippen LogP contribution in [0.3, 0.4) is 0 Å². The highest BCUT2D eigenvalue weighted by molar-refractivity contribution is 5.66. The molecule has 0 aromatic heterocycles. The van der Waals surface area contributed by atoms with Crippen molar-refractivity contribution in [2.75, 3.05) is 0 Å². The van der Waals surface area contributed by atoms with Crippen molar-refractivity contribution in [2.45, 2.75) is 40.0 Å². The van der Waals surface area contributed by atoms with E-state index in [0.717, 1.165) is 18.1 Å². The van der Waals surface area contributed by atoms with E-state index in [1.807, 2.05) is 0 Å². The predicted molar refractivity (Wildman–Crippen MR) is 57.9 cm³/mol. The molecule has 2 saturated carbocycles. The topological polar surface area (TPSA) is 17.1 Å². The molecule has 0 heterocycles. The Kier molecular flexibility index (Phi) is 2.29. The van der Waals surface area contributed by atoms with Gasteiger partial charge in [0.15, 0.2) is 0 Å². The van der Waals surface area contributed by atoms with Crippen molar-refractivity contribution in [3.63, 3.8) is 0 Å². The normalized spacial score (nSPS) is 40.2. The van der Waals surface area contributed by atoms with Crippen molar-refractivity contribution in [2.24, 2.45) is 23.2 Å². The fourth-order valence-corrected chi connectivity index (χ4v) is 4.03. The summed E-state index contributed by atoms with van der Waals surface area (Å²) in [5, 5.41) is 0. The van der Waals surface area contributed by atoms with Gasteiger partial charge in [0.2, 0.25) is 0 Å². The first-order chi connectivity index (χ1) is 6.57. The molecular formula is C13H20O. The van der Waals surface area contributed by atoms with Crippen molar-refractivity contribution in [1.29, 1.82) is 0 Å². The largest absolute Gasteiger partial charge is 0.299 e. The van der Waals surface area contributed by atoms with Crippen LogP contribution in [0.2, 0.25) is 0 Å². The number of hydrogen-bond donors (Lipinski definition) is 0. The maximum atomic E-state index is 10.5. The molecule has 0 spiro atoms. The average molecular weight is 192 g/mol. The lowest BCUT2D eigenvalue weighted by Gasteiger charge is -2.39. The van der Waals surface area contributed by atoms with Gasteiger partial charge in [0.1, 0.15) is 6.29 Å². The van der Waals surface area contributed by atoms with Gasteiger partial charge in [0.05, 0.1) is 0 Å². The number of rotatable bonds is 2. The number of carbonyl (C=O) groups is 1. The molecule has 0 N–H and O–H groups in total. The molecule has 0 aromatic carbocycles. The fraction of sp³-hybridized carbons (Fsp3) is 0.769. The Labute approximate surface area is 86.6 Å². The Morgan fingerprint density at radius 3 is 2.57 bits per heavy atom. The van der Waals surface area contributed by atoms with E-state index in [-0.39, 0.29) is 0 Å². The third-order valence-corrected chi connectivity index (χ3v) is 4.62. The first kappa shape index (κ1) is 9.95. The summed E-state index contributed by atoms with van der Waals surface area (Å²) in [4.78, 5) is 10.5. The van der Waals surface area contributed by atoms with Crippen LogP contribution in [0.1, 0.15) is 40.0 Å². The third kappa shape index (κ3) is 1.25. The lowest BCUT2D eigenvalue weighted by atomic mass is 9.66. The molecule has 2 aliphatic carbocycles. The summed E-state index contributed by atoms with van der Waals surface area (Å²) < 4.78 is 0. The molecule has 2 rings (SSSR count). The lowest BCUT2D eigenvalue weighted by Crippen LogP contribution is -2.31. The minimum absolute atomic E-state index is 0.423. The van der Waals surface area contributed by atoms with Crippen LogP contribution in [0.4, 0.5) is 0 Å². The molecule has 0 saturated heterocycles. The number of aldehydes is 1. The van der Waals surface area contributed by atoms with Crippen LogP contribution in [-0.4, -0.2) is 6.29 Å². The molecule has 3 unspecified atom stereocenters. The summed E-state index contributed by atoms with van der Waals surface area (Å²) in [5.41, 5.74) is 1.73. The zero-order valence-corrected chi connectivity index (χ0v) is 9.42. The minimum Gasteiger partial charge on any atom is -0.299 e. The van der Waals surface area contributed by atoms with Crippen molar-refractivity contribution in [3.05, 3.63) is 11.6 Å². The second kappa shape index (κ2) is 3.22. The van der Waals surface area contributed by atoms with Gasteiger partial charge in [-0.15, -0.1) is 0 Å². The number of fused-ring (bicyclic) bond motifs is 2. The van der Waals surface area contributed by atoms with Gasteiger partial charge in [-0.1, -0.05) is 19.4 Å². The molecule has 2 bridgehead atoms. The Morgan fingerprint density at radius 2 is 2.07 bits per heavy atom. The summed E-state index contributed by atoms with van der Waals surface area (Å²) in [6, 6.07) is 0. The van der Waals surface area contributed by atoms with Gasteiger partial charge in [0.25, 0.3) is 0 Å². The first-order valence-corrected chi connectivity index (χ1v) is 5.69. The van der Waals surface area contributed by atoms with Gasteiger partial charge >= 0.3 is 0 Å². The van der Waals surface area contributed by atoms with Crippen LogP contribution < -0.4 is 0 Å². The molecule has 2 fully saturated rings. The van der Waals surface area contributed by atoms with Crippen molar-refractivity contribution in [3.8, 4) is 0 Å². The molecule has 0 amide bonds. The highest BCUT2D eigenvalue weighted by Gasteiger charge is 2.52. The van der Waals surface area contributed by atoms with E-state index < -0.39 is 0 Å². The fourth-order valence-electron chi connectivity index (χ4n) is 4.03. The average Bonchev–Trinajstić information content (AvgIpc) is 2.61. The van der Waals surface area contributed by atoms with Crippen LogP contribution in [0.5, 0.6) is 0 Å². The second-order valence-corrected chi connectivity index (χ2v) is 5.62. The Balaban J connectivity index is 2.27. The van der Waals surface area contributed by atoms with Gasteiger partial charge in [-0.2, -0.15) is 0 Å². The van der Waals surface area contributed by atoms with E-state index in [1.54, 1.807) is 6.08 Å². The molecule has 3 atom stereocenters. The zero-order chi connectivity index (χ0) is 10.3. The van der Waals surface area contributed by atoms with Crippen LogP contribution in [0.15, 0.2) is 11.6 Å². The summed E-state index contributed by atoms with van der Waals surface area (Å²) in [6.45, 7) is 6.88. The Morgan fingerprint density at radius 1 is 1.36 bits per heavy atom. The number of carbonyl (C=O) groups excluding carboxylic acids is 1. The lowest BCUT2D eigenvalue weighted by molar-refractivity contribution is -0.104. The maximum absolute atomic E-state index is 10.5. The molecular weight excluding hydrogens is 172 g/mol. The van der Waals surface area contributed by atoms with Gasteiger partial charge < -0.3 is 0 Å². The molecule has 0 aromatic rings. The SMILES string of the molecule is CC(=CC=O)C1C2CCC(C2)C1(C)C. The van der Waals surface area contributed by atoms with Crippen molar-refractivity contribution in [1.82, 2.24) is 0 Å². The number of hydrogen-bond acceptors (Lipinski definition) is 1. The Hall–Kier alpha value is -0.590. The minimum atomic E-state index is 0.423. The second-order valence-electron chi connectivity index (χ2n) is 5.62. The summed E-state index contributed by atoms with van der Waals surface area (Å²) >= 11 is 0. The molecule has 78 valence electrons. The molecule has 1 heteroatoms. The van der Waals surface area contributed by atoms with Crippen LogP contribution in [0, 0.1) is 23.2 Å². The smallest absolute Gasteiger partial charge is 0.142 e. The maximum Gasteiger partial charge on any atom is 0.142 e. The molecule has 14 heavy (non-hydrogen) atoms. The predicted octanol–water partition coefficient (Wildman–Crippen LogP) is 3.20. The highest BCUT2D eigenvalue weighted by atomic mass is 16.1. The van der Waals surface area contributed by atoms with Crippen molar-refractivity contribution < 1.29 is 4.79 Å². The van der Waals surface area contributed by atoms with Gasteiger partial charge in [0, 0.05) is 0 Å². The van der Waals surface area contributed by atoms with E-state index in [4.69, 9.17) is 0 Å². The van der Waals surface area contributed by atoms with Crippen LogP contribution in [0.25, 0.3) is 0 Å². The van der Waals surface area contributed by atoms with Gasteiger partial charge in [-0.05, 0) is 55.4 Å². The monoisotopic (exact) mass is 192 g/mol. The molecule has 1 nitrogen and oxygen atoms in total.